The molecule has 0 bridgehead atoms. The molecule has 0 saturated carbocycles. The molecule has 1 aromatic heterocycles. The summed E-state index contributed by atoms with van der Waals surface area (Å²) < 4.78 is 35.0. The summed E-state index contributed by atoms with van der Waals surface area (Å²) in [5, 5.41) is 11.1. The van der Waals surface area contributed by atoms with E-state index in [0.717, 1.165) is 12.1 Å². The molecule has 3 aromatic rings. The molecule has 1 fully saturated rings. The quantitative estimate of drug-likeness (QED) is 0.335. The molecule has 7 nitrogen and oxygen atoms in total. The standard InChI is InChI=1S/C24H21F2N3O4/c1-33-19-7-6-17(26)13-18(19)22(30)20-21(15-4-2-5-16(25)12-15)29(24(32)23(20)31)10-3-9-28-11-8-27-14-28/h2,4-8,11-14,21,30H,3,9-10H2,1H3/b22-20+. The molecule has 1 aliphatic heterocycles. The predicted molar refractivity (Wildman–Crippen MR) is 115 cm³/mol. The summed E-state index contributed by atoms with van der Waals surface area (Å²) in [6.07, 6.45) is 5.52. The fourth-order valence-corrected chi connectivity index (χ4v) is 3.99. The number of aromatic nitrogens is 2. The third-order valence-corrected chi connectivity index (χ3v) is 5.50. The summed E-state index contributed by atoms with van der Waals surface area (Å²) in [5.74, 6) is -3.44. The van der Waals surface area contributed by atoms with E-state index in [-0.39, 0.29) is 23.4 Å². The van der Waals surface area contributed by atoms with Gasteiger partial charge in [-0.1, -0.05) is 12.1 Å². The van der Waals surface area contributed by atoms with Gasteiger partial charge in [-0.3, -0.25) is 9.59 Å². The van der Waals surface area contributed by atoms with Gasteiger partial charge in [-0.2, -0.15) is 0 Å². The molecule has 1 atom stereocenters. The van der Waals surface area contributed by atoms with Gasteiger partial charge in [-0.25, -0.2) is 13.8 Å². The topological polar surface area (TPSA) is 84.7 Å². The third kappa shape index (κ3) is 4.34. The van der Waals surface area contributed by atoms with Crippen molar-refractivity contribution >= 4 is 17.4 Å². The SMILES string of the molecule is COc1ccc(F)cc1/C(O)=C1\C(=O)C(=O)N(CCCn2ccnc2)C1c1cccc(F)c1. The number of benzene rings is 2. The van der Waals surface area contributed by atoms with E-state index < -0.39 is 35.1 Å². The Labute approximate surface area is 188 Å². The van der Waals surface area contributed by atoms with E-state index in [4.69, 9.17) is 4.74 Å². The molecular formula is C24H21F2N3O4. The lowest BCUT2D eigenvalue weighted by atomic mass is 9.95. The van der Waals surface area contributed by atoms with Crippen LogP contribution in [0.3, 0.4) is 0 Å². The van der Waals surface area contributed by atoms with E-state index in [1.54, 1.807) is 24.8 Å². The number of amides is 1. The van der Waals surface area contributed by atoms with Crippen molar-refractivity contribution in [2.75, 3.05) is 13.7 Å². The minimum Gasteiger partial charge on any atom is -0.507 e. The number of nitrogens with zero attached hydrogens (tertiary/aromatic N) is 3. The van der Waals surface area contributed by atoms with Gasteiger partial charge < -0.3 is 19.3 Å². The Morgan fingerprint density at radius 1 is 1.12 bits per heavy atom. The number of ether oxygens (including phenoxy) is 1. The maximum Gasteiger partial charge on any atom is 0.295 e. The van der Waals surface area contributed by atoms with E-state index in [0.29, 0.717) is 18.5 Å². The molecule has 1 N–H and O–H groups in total. The number of rotatable bonds is 7. The van der Waals surface area contributed by atoms with E-state index in [1.807, 2.05) is 4.57 Å². The fraction of sp³-hybridized carbons (Fsp3) is 0.208. The van der Waals surface area contributed by atoms with Crippen LogP contribution < -0.4 is 4.74 Å². The first-order chi connectivity index (χ1) is 15.9. The highest BCUT2D eigenvalue weighted by Gasteiger charge is 2.46. The zero-order chi connectivity index (χ0) is 23.5. The second kappa shape index (κ2) is 9.23. The smallest absolute Gasteiger partial charge is 0.295 e. The van der Waals surface area contributed by atoms with Crippen LogP contribution in [0.15, 0.2) is 66.8 Å². The number of aliphatic hydroxyl groups is 1. The fourth-order valence-electron chi connectivity index (χ4n) is 3.99. The molecule has 170 valence electrons. The largest absolute Gasteiger partial charge is 0.507 e. The van der Waals surface area contributed by atoms with E-state index >= 15 is 0 Å². The number of Topliss-reactive ketones (excluding diaryl/α,β-unsaturated/α-hetero) is 1. The van der Waals surface area contributed by atoms with Gasteiger partial charge in [0.1, 0.15) is 23.1 Å². The van der Waals surface area contributed by atoms with Gasteiger partial charge in [0.2, 0.25) is 0 Å². The van der Waals surface area contributed by atoms with Gasteiger partial charge in [0.05, 0.1) is 30.6 Å². The molecule has 33 heavy (non-hydrogen) atoms. The van der Waals surface area contributed by atoms with Crippen LogP contribution in [-0.4, -0.2) is 44.9 Å². The Hall–Kier alpha value is -4.01. The second-order valence-corrected chi connectivity index (χ2v) is 7.55. The average Bonchev–Trinajstić information content (AvgIpc) is 3.41. The van der Waals surface area contributed by atoms with Crippen molar-refractivity contribution < 1.29 is 28.2 Å². The molecule has 0 spiro atoms. The van der Waals surface area contributed by atoms with Gasteiger partial charge in [0.25, 0.3) is 11.7 Å². The zero-order valence-corrected chi connectivity index (χ0v) is 17.7. The molecule has 0 radical (unpaired) electrons. The van der Waals surface area contributed by atoms with Crippen molar-refractivity contribution in [1.29, 1.82) is 0 Å². The highest BCUT2D eigenvalue weighted by molar-refractivity contribution is 6.46. The molecule has 1 amide bonds. The molecule has 9 heteroatoms. The minimum absolute atomic E-state index is 0.0738. The number of likely N-dealkylation sites (tertiary alicyclic amines) is 1. The van der Waals surface area contributed by atoms with Crippen LogP contribution in [-0.2, 0) is 16.1 Å². The summed E-state index contributed by atoms with van der Waals surface area (Å²) in [5.41, 5.74) is -0.0128. The maximum absolute atomic E-state index is 14.1. The summed E-state index contributed by atoms with van der Waals surface area (Å²) >= 11 is 0. The predicted octanol–water partition coefficient (Wildman–Crippen LogP) is 3.68. The second-order valence-electron chi connectivity index (χ2n) is 7.55. The maximum atomic E-state index is 14.1. The van der Waals surface area contributed by atoms with Gasteiger partial charge in [-0.05, 0) is 42.3 Å². The number of hydrogen-bond donors (Lipinski definition) is 1. The summed E-state index contributed by atoms with van der Waals surface area (Å²) in [4.78, 5) is 31.2. The Bertz CT molecular complexity index is 1220. The summed E-state index contributed by atoms with van der Waals surface area (Å²) in [6, 6.07) is 7.90. The number of aliphatic hydroxyl groups excluding tert-OH is 1. The molecular weight excluding hydrogens is 432 g/mol. The number of methoxy groups -OCH3 is 1. The Balaban J connectivity index is 1.79. The molecule has 2 aromatic carbocycles. The lowest BCUT2D eigenvalue weighted by Crippen LogP contribution is -2.31. The number of halogens is 2. The number of ketones is 1. The van der Waals surface area contributed by atoms with E-state index in [9.17, 15) is 23.5 Å². The van der Waals surface area contributed by atoms with Crippen LogP contribution >= 0.6 is 0 Å². The van der Waals surface area contributed by atoms with Crippen LogP contribution in [0.2, 0.25) is 0 Å². The molecule has 2 heterocycles. The zero-order valence-electron chi connectivity index (χ0n) is 17.7. The molecule has 0 aliphatic carbocycles. The van der Waals surface area contributed by atoms with Crippen molar-refractivity contribution in [3.05, 3.63) is 89.5 Å². The minimum atomic E-state index is -1.04. The molecule has 1 saturated heterocycles. The monoisotopic (exact) mass is 453 g/mol. The Morgan fingerprint density at radius 2 is 1.91 bits per heavy atom. The van der Waals surface area contributed by atoms with Gasteiger partial charge in [-0.15, -0.1) is 0 Å². The van der Waals surface area contributed by atoms with Crippen LogP contribution in [0.25, 0.3) is 5.76 Å². The van der Waals surface area contributed by atoms with Crippen molar-refractivity contribution in [3.63, 3.8) is 0 Å². The first-order valence-corrected chi connectivity index (χ1v) is 10.2. The van der Waals surface area contributed by atoms with Crippen molar-refractivity contribution in [3.8, 4) is 5.75 Å². The Kier molecular flexibility index (Phi) is 6.21. The average molecular weight is 453 g/mol. The number of carbonyl (C=O) groups is 2. The first-order valence-electron chi connectivity index (χ1n) is 10.2. The lowest BCUT2D eigenvalue weighted by Gasteiger charge is -2.25. The lowest BCUT2D eigenvalue weighted by molar-refractivity contribution is -0.139. The molecule has 4 rings (SSSR count). The van der Waals surface area contributed by atoms with E-state index in [2.05, 4.69) is 4.98 Å². The highest BCUT2D eigenvalue weighted by atomic mass is 19.1. The number of hydrogen-bond acceptors (Lipinski definition) is 5. The number of aryl methyl sites for hydroxylation is 1. The Morgan fingerprint density at radius 3 is 2.61 bits per heavy atom. The third-order valence-electron chi connectivity index (χ3n) is 5.50. The van der Waals surface area contributed by atoms with Crippen LogP contribution in [0.5, 0.6) is 5.75 Å². The van der Waals surface area contributed by atoms with Crippen LogP contribution in [0.1, 0.15) is 23.6 Å². The highest BCUT2D eigenvalue weighted by Crippen LogP contribution is 2.41. The van der Waals surface area contributed by atoms with Crippen molar-refractivity contribution in [1.82, 2.24) is 14.5 Å². The van der Waals surface area contributed by atoms with E-state index in [1.165, 1.54) is 36.3 Å². The molecule has 1 unspecified atom stereocenters. The number of carbonyl (C=O) groups excluding carboxylic acids is 2. The van der Waals surface area contributed by atoms with Gasteiger partial charge in [0.15, 0.2) is 0 Å². The molecule has 1 aliphatic rings. The van der Waals surface area contributed by atoms with Gasteiger partial charge in [0, 0.05) is 25.5 Å². The van der Waals surface area contributed by atoms with Crippen molar-refractivity contribution in [2.24, 2.45) is 0 Å². The normalized spacial score (nSPS) is 17.5. The first kappa shape index (κ1) is 22.2. The summed E-state index contributed by atoms with van der Waals surface area (Å²) in [7, 11) is 1.34. The number of imidazole rings is 1. The summed E-state index contributed by atoms with van der Waals surface area (Å²) in [6.45, 7) is 0.706. The van der Waals surface area contributed by atoms with Crippen LogP contribution in [0.4, 0.5) is 8.78 Å². The van der Waals surface area contributed by atoms with Gasteiger partial charge >= 0.3 is 0 Å². The van der Waals surface area contributed by atoms with Crippen molar-refractivity contribution in [2.45, 2.75) is 19.0 Å². The van der Waals surface area contributed by atoms with Crippen LogP contribution in [0, 0.1) is 11.6 Å².